The zero-order chi connectivity index (χ0) is 20.9. The van der Waals surface area contributed by atoms with Crippen LogP contribution in [0.3, 0.4) is 0 Å². The second-order valence-electron chi connectivity index (χ2n) is 6.40. The highest BCUT2D eigenvalue weighted by atomic mass is 19.4. The number of hydrogen-bond acceptors (Lipinski definition) is 5. The summed E-state index contributed by atoms with van der Waals surface area (Å²) in [5.74, 6) is -4.87. The van der Waals surface area contributed by atoms with Crippen LogP contribution >= 0.6 is 0 Å². The Morgan fingerprint density at radius 3 is 2.54 bits per heavy atom. The van der Waals surface area contributed by atoms with Crippen molar-refractivity contribution < 1.29 is 40.6 Å². The lowest BCUT2D eigenvalue weighted by Gasteiger charge is -2.28. The molecule has 1 unspecified atom stereocenters. The Labute approximate surface area is 153 Å². The molecule has 0 spiro atoms. The van der Waals surface area contributed by atoms with Crippen LogP contribution in [0.5, 0.6) is 0 Å². The van der Waals surface area contributed by atoms with E-state index >= 15 is 0 Å². The van der Waals surface area contributed by atoms with Gasteiger partial charge < -0.3 is 15.2 Å². The molecule has 0 bridgehead atoms. The second kappa shape index (κ2) is 7.03. The van der Waals surface area contributed by atoms with Gasteiger partial charge in [-0.1, -0.05) is 0 Å². The number of rotatable bonds is 3. The quantitative estimate of drug-likeness (QED) is 0.753. The van der Waals surface area contributed by atoms with E-state index in [2.05, 4.69) is 15.4 Å². The first-order valence-corrected chi connectivity index (χ1v) is 8.14. The van der Waals surface area contributed by atoms with E-state index in [0.29, 0.717) is 19.5 Å². The van der Waals surface area contributed by atoms with E-state index in [1.54, 1.807) is 0 Å². The van der Waals surface area contributed by atoms with Gasteiger partial charge in [0.2, 0.25) is 5.95 Å². The molecule has 156 valence electrons. The minimum atomic E-state index is -5.36. The molecule has 1 saturated heterocycles. The van der Waals surface area contributed by atoms with E-state index in [9.17, 15) is 35.8 Å². The van der Waals surface area contributed by atoms with Gasteiger partial charge in [0, 0.05) is 6.61 Å². The molecule has 1 fully saturated rings. The number of fused-ring (bicyclic) bond motifs is 1. The molecule has 13 heteroatoms. The van der Waals surface area contributed by atoms with Gasteiger partial charge in [0.1, 0.15) is 11.1 Å². The maximum atomic E-state index is 14.3. The van der Waals surface area contributed by atoms with Crippen molar-refractivity contribution in [3.05, 3.63) is 23.3 Å². The van der Waals surface area contributed by atoms with Crippen molar-refractivity contribution in [3.8, 4) is 0 Å². The summed E-state index contributed by atoms with van der Waals surface area (Å²) in [4.78, 5) is 3.67. The summed E-state index contributed by atoms with van der Waals surface area (Å²) in [5.41, 5.74) is -4.24. The number of nitrogens with one attached hydrogen (secondary N) is 1. The summed E-state index contributed by atoms with van der Waals surface area (Å²) in [5, 5.41) is 16.1. The van der Waals surface area contributed by atoms with Crippen LogP contribution in [-0.2, 0) is 10.9 Å². The van der Waals surface area contributed by atoms with Crippen LogP contribution < -0.4 is 5.32 Å². The molecule has 0 saturated carbocycles. The fourth-order valence-electron chi connectivity index (χ4n) is 2.98. The van der Waals surface area contributed by atoms with Crippen LogP contribution in [0.2, 0.25) is 0 Å². The van der Waals surface area contributed by atoms with E-state index in [4.69, 9.17) is 4.74 Å². The number of aliphatic hydroxyl groups excluding tert-OH is 1. The third-order valence-electron chi connectivity index (χ3n) is 4.49. The monoisotopic (exact) mass is 416 g/mol. The van der Waals surface area contributed by atoms with Crippen molar-refractivity contribution in [3.63, 3.8) is 0 Å². The first-order valence-electron chi connectivity index (χ1n) is 8.14. The first kappa shape index (κ1) is 20.6. The van der Waals surface area contributed by atoms with Gasteiger partial charge in [-0.3, -0.25) is 0 Å². The van der Waals surface area contributed by atoms with Crippen LogP contribution in [-0.4, -0.2) is 51.2 Å². The molecule has 3 atom stereocenters. The van der Waals surface area contributed by atoms with Crippen molar-refractivity contribution in [1.29, 1.82) is 0 Å². The van der Waals surface area contributed by atoms with Crippen LogP contribution in [0, 0.1) is 5.82 Å². The van der Waals surface area contributed by atoms with Crippen molar-refractivity contribution >= 4 is 11.5 Å². The first-order chi connectivity index (χ1) is 12.9. The van der Waals surface area contributed by atoms with Crippen LogP contribution in [0.4, 0.5) is 36.7 Å². The zero-order valence-electron chi connectivity index (χ0n) is 14.3. The Balaban J connectivity index is 2.13. The van der Waals surface area contributed by atoms with Crippen molar-refractivity contribution in [2.45, 2.75) is 43.8 Å². The molecular formula is C15H15F7N4O2. The number of anilines is 1. The third-order valence-corrected chi connectivity index (χ3v) is 4.49. The van der Waals surface area contributed by atoms with Crippen LogP contribution in [0.25, 0.3) is 5.52 Å². The van der Waals surface area contributed by atoms with Gasteiger partial charge in [0.25, 0.3) is 0 Å². The number of aromatic nitrogens is 3. The molecular weight excluding hydrogens is 401 g/mol. The minimum absolute atomic E-state index is 0.00730. The van der Waals surface area contributed by atoms with Crippen molar-refractivity contribution in [2.75, 3.05) is 18.5 Å². The molecule has 0 aliphatic carbocycles. The Bertz CT molecular complexity index is 865. The highest BCUT2D eigenvalue weighted by molar-refractivity contribution is 5.56. The highest BCUT2D eigenvalue weighted by Crippen LogP contribution is 2.44. The van der Waals surface area contributed by atoms with Gasteiger partial charge in [-0.2, -0.15) is 26.3 Å². The van der Waals surface area contributed by atoms with E-state index in [1.807, 2.05) is 0 Å². The topological polar surface area (TPSA) is 71.7 Å². The lowest BCUT2D eigenvalue weighted by Crippen LogP contribution is -2.42. The number of nitrogens with zero attached hydrogens (tertiary/aromatic N) is 3. The van der Waals surface area contributed by atoms with Gasteiger partial charge in [-0.15, -0.1) is 5.10 Å². The lowest BCUT2D eigenvalue weighted by molar-refractivity contribution is -0.155. The SMILES string of the molecule is CC(c1c(C(F)(F)F)c(F)c2cnc(N[C@@H]3CCOC[C@H]3O)nn12)C(F)(F)F. The zero-order valence-corrected chi connectivity index (χ0v) is 14.3. The largest absolute Gasteiger partial charge is 0.421 e. The maximum absolute atomic E-state index is 14.3. The molecule has 1 aliphatic rings. The number of alkyl halides is 6. The molecule has 0 amide bonds. The number of halogens is 7. The predicted octanol–water partition coefficient (Wildman–Crippen LogP) is 3.11. The molecule has 28 heavy (non-hydrogen) atoms. The van der Waals surface area contributed by atoms with E-state index in [-0.39, 0.29) is 23.7 Å². The molecule has 0 radical (unpaired) electrons. The highest BCUT2D eigenvalue weighted by Gasteiger charge is 2.48. The van der Waals surface area contributed by atoms with Crippen molar-refractivity contribution in [2.24, 2.45) is 0 Å². The van der Waals surface area contributed by atoms with Gasteiger partial charge in [0.15, 0.2) is 5.82 Å². The summed E-state index contributed by atoms with van der Waals surface area (Å²) in [7, 11) is 0. The Kier molecular flexibility index (Phi) is 5.17. The van der Waals surface area contributed by atoms with Gasteiger partial charge in [0.05, 0.1) is 36.6 Å². The maximum Gasteiger partial charge on any atom is 0.421 e. The molecule has 6 nitrogen and oxygen atoms in total. The molecule has 1 aliphatic heterocycles. The van der Waals surface area contributed by atoms with Crippen LogP contribution in [0.1, 0.15) is 30.5 Å². The molecule has 2 aromatic rings. The number of ether oxygens (including phenoxy) is 1. The Hall–Kier alpha value is -2.15. The standard InChI is InChI=1S/C15H15F7N4O2/c1-6(14(17,18)19)12-10(15(20,21)22)11(16)8-4-23-13(25-26(8)12)24-7-2-3-28-5-9(7)27/h4,6-7,9,27H,2-3,5H2,1H3,(H,24,25)/t6?,7-,9-/m1/s1. The molecule has 0 aromatic carbocycles. The predicted molar refractivity (Wildman–Crippen MR) is 81.3 cm³/mol. The molecule has 2 N–H and O–H groups in total. The summed E-state index contributed by atoms with van der Waals surface area (Å²) >= 11 is 0. The van der Waals surface area contributed by atoms with Gasteiger partial charge in [-0.25, -0.2) is 13.9 Å². The summed E-state index contributed by atoms with van der Waals surface area (Å²) < 4.78 is 98.9. The van der Waals surface area contributed by atoms with Crippen molar-refractivity contribution in [1.82, 2.24) is 14.6 Å². The van der Waals surface area contributed by atoms with E-state index < -0.39 is 53.0 Å². The van der Waals surface area contributed by atoms with Crippen LogP contribution in [0.15, 0.2) is 6.20 Å². The summed E-state index contributed by atoms with van der Waals surface area (Å²) in [6, 6.07) is -0.628. The van der Waals surface area contributed by atoms with Gasteiger partial charge in [-0.05, 0) is 13.3 Å². The minimum Gasteiger partial charge on any atom is -0.389 e. The smallest absolute Gasteiger partial charge is 0.389 e. The fourth-order valence-corrected chi connectivity index (χ4v) is 2.98. The Morgan fingerprint density at radius 1 is 1.29 bits per heavy atom. The Morgan fingerprint density at radius 2 is 1.96 bits per heavy atom. The summed E-state index contributed by atoms with van der Waals surface area (Å²) in [6.07, 6.45) is -10.4. The number of hydrogen-bond donors (Lipinski definition) is 2. The molecule has 3 heterocycles. The third kappa shape index (κ3) is 3.72. The molecule has 3 rings (SSSR count). The lowest BCUT2D eigenvalue weighted by atomic mass is 10.0. The molecule has 2 aromatic heterocycles. The average Bonchev–Trinajstić information content (AvgIpc) is 2.87. The summed E-state index contributed by atoms with van der Waals surface area (Å²) in [6.45, 7) is 0.768. The van der Waals surface area contributed by atoms with Gasteiger partial charge >= 0.3 is 12.4 Å². The second-order valence-corrected chi connectivity index (χ2v) is 6.40. The van der Waals surface area contributed by atoms with E-state index in [0.717, 1.165) is 0 Å². The van der Waals surface area contributed by atoms with E-state index in [1.165, 1.54) is 0 Å². The average molecular weight is 416 g/mol. The normalized spacial score (nSPS) is 22.5. The number of aliphatic hydroxyl groups is 1. The fraction of sp³-hybridized carbons (Fsp3) is 0.600.